The summed E-state index contributed by atoms with van der Waals surface area (Å²) in [6, 6.07) is 10.2. The van der Waals surface area contributed by atoms with E-state index in [9.17, 15) is 18.3 Å². The number of aliphatic carboxylic acids is 1. The molecule has 0 amide bonds. The highest BCUT2D eigenvalue weighted by molar-refractivity contribution is 7.89. The van der Waals surface area contributed by atoms with Crippen molar-refractivity contribution < 1.29 is 18.3 Å². The Morgan fingerprint density at radius 1 is 1.06 bits per heavy atom. The Hall–Kier alpha value is -1.64. The van der Waals surface area contributed by atoms with E-state index in [-0.39, 0.29) is 23.4 Å². The summed E-state index contributed by atoms with van der Waals surface area (Å²) in [6.07, 6.45) is 0.622. The van der Waals surface area contributed by atoms with Gasteiger partial charge in [0.15, 0.2) is 0 Å². The smallest absolute Gasteiger partial charge is 0.307 e. The standard InChI is InChI=1S/C23H26Cl2N2O4S/c1-14-11-26(13-16-6-7-20(24)21(25)8-16)12-15(2)27(14)32(30,31)22-5-3-4-17-9-18(23(28)29)10-19(17)22/h3-8,14-15,18H,9-13H2,1-2H3,(H,28,29)/t14-,15+,18?. The lowest BCUT2D eigenvalue weighted by Crippen LogP contribution is -2.58. The number of sulfonamides is 1. The van der Waals surface area contributed by atoms with Gasteiger partial charge in [-0.3, -0.25) is 9.69 Å². The number of fused-ring (bicyclic) bond motifs is 1. The summed E-state index contributed by atoms with van der Waals surface area (Å²) in [4.78, 5) is 13.9. The first-order valence-electron chi connectivity index (χ1n) is 10.6. The maximum Gasteiger partial charge on any atom is 0.307 e. The van der Waals surface area contributed by atoms with E-state index in [0.717, 1.165) is 11.1 Å². The fraction of sp³-hybridized carbons (Fsp3) is 0.435. The van der Waals surface area contributed by atoms with Gasteiger partial charge in [-0.2, -0.15) is 4.31 Å². The van der Waals surface area contributed by atoms with Gasteiger partial charge in [0.25, 0.3) is 0 Å². The molecule has 1 heterocycles. The first-order valence-corrected chi connectivity index (χ1v) is 12.8. The van der Waals surface area contributed by atoms with Crippen molar-refractivity contribution in [3.05, 3.63) is 63.1 Å². The van der Waals surface area contributed by atoms with Crippen molar-refractivity contribution in [2.75, 3.05) is 13.1 Å². The first-order chi connectivity index (χ1) is 15.1. The van der Waals surface area contributed by atoms with E-state index in [0.29, 0.717) is 41.7 Å². The Morgan fingerprint density at radius 2 is 1.75 bits per heavy atom. The van der Waals surface area contributed by atoms with Crippen molar-refractivity contribution in [3.8, 4) is 0 Å². The van der Waals surface area contributed by atoms with Crippen molar-refractivity contribution in [2.24, 2.45) is 5.92 Å². The Balaban J connectivity index is 1.56. The summed E-state index contributed by atoms with van der Waals surface area (Å²) in [6.45, 7) is 5.64. The van der Waals surface area contributed by atoms with E-state index >= 15 is 0 Å². The third kappa shape index (κ3) is 4.41. The topological polar surface area (TPSA) is 77.9 Å². The minimum atomic E-state index is -3.77. The van der Waals surface area contributed by atoms with Crippen molar-refractivity contribution in [2.45, 2.75) is 50.2 Å². The number of rotatable bonds is 5. The first kappa shape index (κ1) is 23.5. The third-order valence-electron chi connectivity index (χ3n) is 6.36. The maximum absolute atomic E-state index is 13.7. The molecule has 172 valence electrons. The summed E-state index contributed by atoms with van der Waals surface area (Å²) in [5, 5.41) is 10.4. The van der Waals surface area contributed by atoms with Crippen LogP contribution in [0.3, 0.4) is 0 Å². The van der Waals surface area contributed by atoms with Crippen LogP contribution in [0.2, 0.25) is 10.0 Å². The molecule has 32 heavy (non-hydrogen) atoms. The predicted molar refractivity (Wildman–Crippen MR) is 125 cm³/mol. The van der Waals surface area contributed by atoms with E-state index in [4.69, 9.17) is 23.2 Å². The molecule has 1 unspecified atom stereocenters. The van der Waals surface area contributed by atoms with Crippen molar-refractivity contribution >= 4 is 39.2 Å². The van der Waals surface area contributed by atoms with Gasteiger partial charge >= 0.3 is 5.97 Å². The van der Waals surface area contributed by atoms with E-state index in [1.807, 2.05) is 32.0 Å². The Kier molecular flexibility index (Phi) is 6.58. The monoisotopic (exact) mass is 496 g/mol. The van der Waals surface area contributed by atoms with Crippen LogP contribution >= 0.6 is 23.2 Å². The van der Waals surface area contributed by atoms with Gasteiger partial charge < -0.3 is 5.11 Å². The molecule has 3 atom stereocenters. The second-order valence-corrected chi connectivity index (χ2v) is 11.4. The van der Waals surface area contributed by atoms with Gasteiger partial charge in [-0.25, -0.2) is 8.42 Å². The molecular weight excluding hydrogens is 471 g/mol. The van der Waals surface area contributed by atoms with Crippen molar-refractivity contribution in [1.82, 2.24) is 9.21 Å². The molecule has 6 nitrogen and oxygen atoms in total. The summed E-state index contributed by atoms with van der Waals surface area (Å²) < 4.78 is 29.0. The van der Waals surface area contributed by atoms with Gasteiger partial charge in [-0.05, 0) is 61.6 Å². The SMILES string of the molecule is C[C@@H]1CN(Cc2ccc(Cl)c(Cl)c2)C[C@H](C)N1S(=O)(=O)c1cccc2c1CC(C(=O)O)C2. The number of hydrogen-bond donors (Lipinski definition) is 1. The maximum atomic E-state index is 13.7. The molecule has 0 aromatic heterocycles. The molecule has 1 N–H and O–H groups in total. The van der Waals surface area contributed by atoms with Gasteiger partial charge in [-0.1, -0.05) is 41.4 Å². The van der Waals surface area contributed by atoms with E-state index in [2.05, 4.69) is 4.90 Å². The highest BCUT2D eigenvalue weighted by Gasteiger charge is 2.41. The average molecular weight is 497 g/mol. The number of hydrogen-bond acceptors (Lipinski definition) is 4. The van der Waals surface area contributed by atoms with Gasteiger partial charge in [-0.15, -0.1) is 0 Å². The number of benzene rings is 2. The Bertz CT molecular complexity index is 1140. The number of carboxylic acid groups (broad SMARTS) is 1. The van der Waals surface area contributed by atoms with Gasteiger partial charge in [0.05, 0.1) is 20.9 Å². The molecular formula is C23H26Cl2N2O4S. The molecule has 1 aliphatic carbocycles. The summed E-state index contributed by atoms with van der Waals surface area (Å²) in [5.74, 6) is -1.46. The van der Waals surface area contributed by atoms with E-state index in [1.54, 1.807) is 22.5 Å². The van der Waals surface area contributed by atoms with Crippen LogP contribution in [0.1, 0.15) is 30.5 Å². The van der Waals surface area contributed by atoms with Crippen molar-refractivity contribution in [1.29, 1.82) is 0 Å². The predicted octanol–water partition coefficient (Wildman–Crippen LogP) is 4.08. The lowest BCUT2D eigenvalue weighted by molar-refractivity contribution is -0.141. The minimum Gasteiger partial charge on any atom is -0.481 e. The second-order valence-electron chi connectivity index (χ2n) is 8.81. The minimum absolute atomic E-state index is 0.237. The third-order valence-corrected chi connectivity index (χ3v) is 9.31. The average Bonchev–Trinajstić information content (AvgIpc) is 3.14. The molecule has 1 aliphatic heterocycles. The zero-order chi connectivity index (χ0) is 23.2. The molecule has 2 aliphatic rings. The molecule has 9 heteroatoms. The summed E-state index contributed by atoms with van der Waals surface area (Å²) >= 11 is 12.2. The van der Waals surface area contributed by atoms with Crippen LogP contribution in [0.5, 0.6) is 0 Å². The molecule has 1 saturated heterocycles. The van der Waals surface area contributed by atoms with Gasteiger partial charge in [0.1, 0.15) is 0 Å². The van der Waals surface area contributed by atoms with E-state index < -0.39 is 21.9 Å². The van der Waals surface area contributed by atoms with Crippen molar-refractivity contribution in [3.63, 3.8) is 0 Å². The van der Waals surface area contributed by atoms with Crippen LogP contribution in [0.15, 0.2) is 41.3 Å². The molecule has 1 fully saturated rings. The Labute approximate surface area is 198 Å². The highest BCUT2D eigenvalue weighted by atomic mass is 35.5. The number of halogens is 2. The zero-order valence-electron chi connectivity index (χ0n) is 18.0. The quantitative estimate of drug-likeness (QED) is 0.674. The zero-order valence-corrected chi connectivity index (χ0v) is 20.3. The molecule has 4 rings (SSSR count). The number of carbonyl (C=O) groups is 1. The fourth-order valence-electron chi connectivity index (χ4n) is 5.06. The molecule has 0 saturated carbocycles. The molecule has 0 bridgehead atoms. The molecule has 0 spiro atoms. The highest BCUT2D eigenvalue weighted by Crippen LogP contribution is 2.35. The normalized spacial score (nSPS) is 24.4. The number of carboxylic acids is 1. The largest absolute Gasteiger partial charge is 0.481 e. The molecule has 2 aromatic carbocycles. The fourth-order valence-corrected chi connectivity index (χ4v) is 7.47. The van der Waals surface area contributed by atoms with Crippen LogP contribution in [0.25, 0.3) is 0 Å². The second kappa shape index (κ2) is 8.95. The lowest BCUT2D eigenvalue weighted by Gasteiger charge is -2.43. The van der Waals surface area contributed by atoms with Gasteiger partial charge in [0, 0.05) is 31.7 Å². The van der Waals surface area contributed by atoms with Crippen LogP contribution in [-0.4, -0.2) is 53.9 Å². The number of nitrogens with zero attached hydrogens (tertiary/aromatic N) is 2. The van der Waals surface area contributed by atoms with E-state index in [1.165, 1.54) is 0 Å². The van der Waals surface area contributed by atoms with Crippen LogP contribution in [0, 0.1) is 5.92 Å². The summed E-state index contributed by atoms with van der Waals surface area (Å²) in [7, 11) is -3.77. The Morgan fingerprint density at radius 3 is 2.38 bits per heavy atom. The summed E-state index contributed by atoms with van der Waals surface area (Å²) in [5.41, 5.74) is 2.49. The molecule has 0 radical (unpaired) electrons. The van der Waals surface area contributed by atoms with Crippen LogP contribution in [-0.2, 0) is 34.2 Å². The lowest BCUT2D eigenvalue weighted by atomic mass is 10.1. The molecule has 2 aromatic rings. The van der Waals surface area contributed by atoms with Gasteiger partial charge in [0.2, 0.25) is 10.0 Å². The van der Waals surface area contributed by atoms with Crippen LogP contribution < -0.4 is 0 Å². The number of piperazine rings is 1. The van der Waals surface area contributed by atoms with Crippen LogP contribution in [0.4, 0.5) is 0 Å².